The van der Waals surface area contributed by atoms with Gasteiger partial charge in [-0.3, -0.25) is 0 Å². The fraction of sp³-hybridized carbons (Fsp3) is 0.500. The average Bonchev–Trinajstić information content (AvgIpc) is 0.918. The van der Waals surface area contributed by atoms with E-state index in [1.165, 1.54) is 0 Å². The Kier molecular flexibility index (Phi) is 64.1. The normalized spacial score (nSPS) is 3.60. The predicted octanol–water partition coefficient (Wildman–Crippen LogP) is 1.68. The maximum Gasteiger partial charge on any atom is 0 e. The first-order valence-corrected chi connectivity index (χ1v) is 1.21. The van der Waals surface area contributed by atoms with Crippen molar-refractivity contribution in [3.05, 3.63) is 14.4 Å². The van der Waals surface area contributed by atoms with E-state index in [1.54, 1.807) is 0 Å². The van der Waals surface area contributed by atoms with Gasteiger partial charge < -0.3 is 14.4 Å². The van der Waals surface area contributed by atoms with E-state index in [2.05, 4.69) is 6.92 Å². The van der Waals surface area contributed by atoms with Gasteiger partial charge in [0.15, 0.2) is 0 Å². The van der Waals surface area contributed by atoms with Crippen molar-refractivity contribution in [3.8, 4) is 0 Å². The molecule has 0 saturated heterocycles. The van der Waals surface area contributed by atoms with Gasteiger partial charge in [0.05, 0.1) is 0 Å². The first-order valence-electron chi connectivity index (χ1n) is 1.21. The van der Waals surface area contributed by atoms with Crippen molar-refractivity contribution in [1.82, 2.24) is 0 Å². The molecule has 0 unspecified atom stereocenters. The Morgan fingerprint density at radius 1 is 1.60 bits per heavy atom. The van der Waals surface area contributed by atoms with Crippen LogP contribution in [0.3, 0.4) is 0 Å². The van der Waals surface area contributed by atoms with E-state index in [0.717, 1.165) is 6.42 Å². The molecule has 0 heterocycles. The quantitative estimate of drug-likeness (QED) is 0.457. The molecule has 0 aliphatic heterocycles. The summed E-state index contributed by atoms with van der Waals surface area (Å²) >= 11 is 0. The zero-order valence-corrected chi connectivity index (χ0v) is 6.83. The summed E-state index contributed by atoms with van der Waals surface area (Å²) in [6, 6.07) is 0. The third-order valence-electron chi connectivity index (χ3n) is 0. The largest absolute Gasteiger partial charge is 0.358 e. The van der Waals surface area contributed by atoms with Gasteiger partial charge in [0.2, 0.25) is 0 Å². The summed E-state index contributed by atoms with van der Waals surface area (Å²) in [5.41, 5.74) is 0. The number of rotatable bonds is 0. The molecule has 0 spiro atoms. The second-order valence-electron chi connectivity index (χ2n) is 0.500. The van der Waals surface area contributed by atoms with Crippen molar-refractivity contribution in [1.29, 1.82) is 0 Å². The molecule has 0 amide bonds. The van der Waals surface area contributed by atoms with Crippen LogP contribution in [0.5, 0.6) is 0 Å². The molecule has 0 aromatic rings. The third kappa shape index (κ3) is 40.4. The van der Waals surface area contributed by atoms with Gasteiger partial charge in [-0.25, -0.2) is 0 Å². The molecule has 0 aliphatic carbocycles. The third-order valence-corrected chi connectivity index (χ3v) is 0. The van der Waals surface area contributed by atoms with Crippen LogP contribution in [0.15, 0.2) is 0 Å². The van der Waals surface area contributed by atoms with Crippen molar-refractivity contribution >= 4 is 0 Å². The number of hydrogen-bond donors (Lipinski definition) is 0. The fourth-order valence-electron chi connectivity index (χ4n) is 0. The van der Waals surface area contributed by atoms with Gasteiger partial charge in [0.1, 0.15) is 0 Å². The maximum absolute atomic E-state index is 3.49. The Labute approximate surface area is 60.2 Å². The summed E-state index contributed by atoms with van der Waals surface area (Å²) in [5.74, 6) is 0. The van der Waals surface area contributed by atoms with Crippen LogP contribution >= 0.6 is 0 Å². The minimum absolute atomic E-state index is 0. The molecule has 0 aromatic heterocycles. The standard InChI is InChI=1S/C3H7.CH3.Y/c1-3-2;;/h1,3H2,2H3;1H3;/q2*-1;. The summed E-state index contributed by atoms with van der Waals surface area (Å²) in [5, 5.41) is 0. The molecule has 0 aromatic carbocycles. The van der Waals surface area contributed by atoms with Crippen molar-refractivity contribution < 1.29 is 32.7 Å². The molecule has 31 valence electrons. The average molecular weight is 147 g/mol. The van der Waals surface area contributed by atoms with Crippen molar-refractivity contribution in [2.45, 2.75) is 13.3 Å². The Bertz CT molecular complexity index is 3.61. The Morgan fingerprint density at radius 3 is 1.60 bits per heavy atom. The molecule has 1 radical (unpaired) electrons. The van der Waals surface area contributed by atoms with E-state index in [9.17, 15) is 0 Å². The zero-order valence-electron chi connectivity index (χ0n) is 3.99. The Balaban J connectivity index is -0.0000000200. The second-order valence-corrected chi connectivity index (χ2v) is 0.500. The molecule has 0 atom stereocenters. The molecule has 0 aliphatic rings. The van der Waals surface area contributed by atoms with Gasteiger partial charge in [0.25, 0.3) is 0 Å². The van der Waals surface area contributed by atoms with Gasteiger partial charge in [-0.1, -0.05) is 6.92 Å². The van der Waals surface area contributed by atoms with Crippen molar-refractivity contribution in [2.75, 3.05) is 0 Å². The first-order chi connectivity index (χ1) is 1.41. The van der Waals surface area contributed by atoms with Crippen molar-refractivity contribution in [2.24, 2.45) is 0 Å². The molecule has 0 saturated carbocycles. The van der Waals surface area contributed by atoms with E-state index in [1.807, 2.05) is 6.92 Å². The van der Waals surface area contributed by atoms with Crippen molar-refractivity contribution in [3.63, 3.8) is 0 Å². The van der Waals surface area contributed by atoms with Crippen LogP contribution in [-0.4, -0.2) is 0 Å². The van der Waals surface area contributed by atoms with Crippen LogP contribution < -0.4 is 0 Å². The van der Waals surface area contributed by atoms with Crippen LogP contribution in [-0.2, 0) is 32.7 Å². The number of hydrogen-bond acceptors (Lipinski definition) is 0. The molecule has 0 nitrogen and oxygen atoms in total. The van der Waals surface area contributed by atoms with E-state index >= 15 is 0 Å². The van der Waals surface area contributed by atoms with Gasteiger partial charge in [-0.2, -0.15) is 6.42 Å². The van der Waals surface area contributed by atoms with E-state index < -0.39 is 0 Å². The monoisotopic (exact) mass is 147 g/mol. The van der Waals surface area contributed by atoms with Crippen LogP contribution in [0.4, 0.5) is 0 Å². The van der Waals surface area contributed by atoms with E-state index in [-0.39, 0.29) is 40.1 Å². The van der Waals surface area contributed by atoms with Gasteiger partial charge in [-0.15, -0.1) is 0 Å². The van der Waals surface area contributed by atoms with Crippen LogP contribution in [0.1, 0.15) is 13.3 Å². The maximum atomic E-state index is 3.49. The summed E-state index contributed by atoms with van der Waals surface area (Å²) < 4.78 is 0. The summed E-state index contributed by atoms with van der Waals surface area (Å²) in [6.45, 7) is 5.50. The Hall–Kier alpha value is 1.10. The fourth-order valence-corrected chi connectivity index (χ4v) is 0. The van der Waals surface area contributed by atoms with Crippen LogP contribution in [0.25, 0.3) is 0 Å². The molecule has 1 heteroatoms. The smallest absolute Gasteiger partial charge is 0 e. The summed E-state index contributed by atoms with van der Waals surface area (Å²) in [4.78, 5) is 0. The van der Waals surface area contributed by atoms with Crippen LogP contribution in [0, 0.1) is 14.4 Å². The Morgan fingerprint density at radius 2 is 1.60 bits per heavy atom. The molecule has 0 rings (SSSR count). The summed E-state index contributed by atoms with van der Waals surface area (Å²) in [7, 11) is 0. The molecule has 5 heavy (non-hydrogen) atoms. The van der Waals surface area contributed by atoms with E-state index in [4.69, 9.17) is 0 Å². The second kappa shape index (κ2) is 19.4. The minimum Gasteiger partial charge on any atom is -0.358 e. The van der Waals surface area contributed by atoms with Gasteiger partial charge in [0, 0.05) is 32.7 Å². The van der Waals surface area contributed by atoms with Gasteiger partial charge in [-0.05, 0) is 0 Å². The topological polar surface area (TPSA) is 0 Å². The van der Waals surface area contributed by atoms with Crippen LogP contribution in [0.2, 0.25) is 0 Å². The molecule has 0 bridgehead atoms. The molecular formula is C4H10Y-2. The molecular weight excluding hydrogens is 137 g/mol. The minimum atomic E-state index is 0. The molecule has 0 N–H and O–H groups in total. The summed E-state index contributed by atoms with van der Waals surface area (Å²) in [6.07, 6.45) is 1.00. The van der Waals surface area contributed by atoms with Gasteiger partial charge >= 0.3 is 0 Å². The first kappa shape index (κ1) is 16.5. The SMILES string of the molecule is [CH2-]CC.[CH3-].[Y]. The zero-order chi connectivity index (χ0) is 2.71. The molecule has 0 fully saturated rings. The predicted molar refractivity (Wildman–Crippen MR) is 22.1 cm³/mol. The van der Waals surface area contributed by atoms with E-state index in [0.29, 0.717) is 0 Å².